The molecule has 0 rings (SSSR count). The van der Waals surface area contributed by atoms with Crippen molar-refractivity contribution in [3.8, 4) is 0 Å². The third-order valence-electron chi connectivity index (χ3n) is 0.987. The van der Waals surface area contributed by atoms with Crippen LogP contribution in [0.4, 0.5) is 4.79 Å². The van der Waals surface area contributed by atoms with E-state index in [1.54, 1.807) is 0 Å². The number of urea groups is 1. The molecule has 0 aromatic rings. The quantitative estimate of drug-likeness (QED) is 0.514. The highest BCUT2D eigenvalue weighted by atomic mass is 16.6. The summed E-state index contributed by atoms with van der Waals surface area (Å²) in [6.07, 6.45) is 1.12. The largest absolute Gasteiger partial charge is 0.357 e. The minimum absolute atomic E-state index is 0.233. The van der Waals surface area contributed by atoms with E-state index in [-0.39, 0.29) is 5.91 Å². The SMILES string of the molecule is CCCC(=O)NNC(=O)NOC. The second kappa shape index (κ2) is 6.41. The van der Waals surface area contributed by atoms with Crippen molar-refractivity contribution in [2.24, 2.45) is 0 Å². The summed E-state index contributed by atoms with van der Waals surface area (Å²) in [6.45, 7) is 1.87. The number of hydrazine groups is 1. The van der Waals surface area contributed by atoms with Crippen LogP contribution in [0.15, 0.2) is 0 Å². The number of hydrogen-bond acceptors (Lipinski definition) is 3. The highest BCUT2D eigenvalue weighted by Crippen LogP contribution is 1.83. The molecule has 3 amide bonds. The first-order chi connectivity index (χ1) is 5.70. The second-order valence-electron chi connectivity index (χ2n) is 2.06. The molecule has 12 heavy (non-hydrogen) atoms. The van der Waals surface area contributed by atoms with Gasteiger partial charge in [-0.05, 0) is 6.42 Å². The zero-order valence-electron chi connectivity index (χ0n) is 7.14. The van der Waals surface area contributed by atoms with Gasteiger partial charge in [0.2, 0.25) is 5.91 Å². The van der Waals surface area contributed by atoms with Crippen LogP contribution in [0.5, 0.6) is 0 Å². The minimum Gasteiger partial charge on any atom is -0.275 e. The monoisotopic (exact) mass is 175 g/mol. The predicted octanol–water partition coefficient (Wildman–Crippen LogP) is -0.322. The summed E-state index contributed by atoms with van der Waals surface area (Å²) < 4.78 is 0. The van der Waals surface area contributed by atoms with Gasteiger partial charge in [-0.1, -0.05) is 6.92 Å². The van der Waals surface area contributed by atoms with E-state index in [2.05, 4.69) is 15.7 Å². The van der Waals surface area contributed by atoms with Crippen molar-refractivity contribution in [2.45, 2.75) is 19.8 Å². The molecule has 0 aliphatic heterocycles. The molecular weight excluding hydrogens is 162 g/mol. The average Bonchev–Trinajstić information content (AvgIpc) is 2.02. The summed E-state index contributed by atoms with van der Waals surface area (Å²) >= 11 is 0. The molecule has 0 saturated carbocycles. The first kappa shape index (κ1) is 10.7. The molecule has 0 heterocycles. The number of nitrogens with one attached hydrogen (secondary N) is 3. The summed E-state index contributed by atoms with van der Waals surface area (Å²) in [4.78, 5) is 25.6. The fourth-order valence-electron chi connectivity index (χ4n) is 0.534. The molecule has 0 bridgehead atoms. The Kier molecular flexibility index (Phi) is 5.72. The van der Waals surface area contributed by atoms with Gasteiger partial charge in [0.1, 0.15) is 0 Å². The van der Waals surface area contributed by atoms with Crippen molar-refractivity contribution >= 4 is 11.9 Å². The van der Waals surface area contributed by atoms with Crippen LogP contribution in [0, 0.1) is 0 Å². The summed E-state index contributed by atoms with van der Waals surface area (Å²) in [5, 5.41) is 0. The summed E-state index contributed by atoms with van der Waals surface area (Å²) in [6, 6.07) is -0.609. The number of rotatable bonds is 3. The van der Waals surface area contributed by atoms with Crippen LogP contribution in [0.25, 0.3) is 0 Å². The fraction of sp³-hybridized carbons (Fsp3) is 0.667. The van der Waals surface area contributed by atoms with Crippen LogP contribution < -0.4 is 16.3 Å². The fourth-order valence-corrected chi connectivity index (χ4v) is 0.534. The van der Waals surface area contributed by atoms with E-state index in [9.17, 15) is 9.59 Å². The Morgan fingerprint density at radius 1 is 1.33 bits per heavy atom. The maximum Gasteiger partial charge on any atom is 0.357 e. The highest BCUT2D eigenvalue weighted by molar-refractivity contribution is 5.80. The molecule has 0 spiro atoms. The molecule has 0 saturated heterocycles. The van der Waals surface area contributed by atoms with Crippen molar-refractivity contribution < 1.29 is 14.4 Å². The van der Waals surface area contributed by atoms with Gasteiger partial charge in [-0.2, -0.15) is 0 Å². The number of amides is 3. The molecule has 3 N–H and O–H groups in total. The molecule has 0 atom stereocenters. The van der Waals surface area contributed by atoms with Gasteiger partial charge < -0.3 is 0 Å². The summed E-state index contributed by atoms with van der Waals surface area (Å²) in [5.74, 6) is -0.233. The van der Waals surface area contributed by atoms with E-state index in [1.165, 1.54) is 7.11 Å². The van der Waals surface area contributed by atoms with E-state index in [4.69, 9.17) is 0 Å². The molecule has 0 aliphatic rings. The van der Waals surface area contributed by atoms with Gasteiger partial charge in [-0.3, -0.25) is 15.1 Å². The lowest BCUT2D eigenvalue weighted by atomic mass is 10.3. The van der Waals surface area contributed by atoms with Gasteiger partial charge in [-0.15, -0.1) is 0 Å². The lowest BCUT2D eigenvalue weighted by molar-refractivity contribution is -0.121. The van der Waals surface area contributed by atoms with Crippen molar-refractivity contribution in [3.63, 3.8) is 0 Å². The molecule has 70 valence electrons. The molecule has 0 aromatic heterocycles. The Labute approximate surface area is 70.6 Å². The number of carbonyl (C=O) groups is 2. The van der Waals surface area contributed by atoms with Crippen LogP contribution >= 0.6 is 0 Å². The molecule has 6 nitrogen and oxygen atoms in total. The van der Waals surface area contributed by atoms with Crippen molar-refractivity contribution in [1.82, 2.24) is 16.3 Å². The van der Waals surface area contributed by atoms with Crippen LogP contribution in [-0.2, 0) is 9.63 Å². The van der Waals surface area contributed by atoms with E-state index in [1.807, 2.05) is 12.4 Å². The predicted molar refractivity (Wildman–Crippen MR) is 41.7 cm³/mol. The Morgan fingerprint density at radius 3 is 2.50 bits per heavy atom. The van der Waals surface area contributed by atoms with Gasteiger partial charge in [-0.25, -0.2) is 15.7 Å². The molecular formula is C6H13N3O3. The van der Waals surface area contributed by atoms with E-state index < -0.39 is 6.03 Å². The molecule has 0 radical (unpaired) electrons. The van der Waals surface area contributed by atoms with E-state index >= 15 is 0 Å². The lowest BCUT2D eigenvalue weighted by Gasteiger charge is -2.05. The van der Waals surface area contributed by atoms with Crippen LogP contribution in [-0.4, -0.2) is 19.0 Å². The summed E-state index contributed by atoms with van der Waals surface area (Å²) in [5.41, 5.74) is 6.26. The highest BCUT2D eigenvalue weighted by Gasteiger charge is 2.00. The molecule has 0 aromatic carbocycles. The normalized spacial score (nSPS) is 8.83. The number of carbonyl (C=O) groups excluding carboxylic acids is 2. The Balaban J connectivity index is 3.40. The van der Waals surface area contributed by atoms with Crippen LogP contribution in [0.3, 0.4) is 0 Å². The molecule has 0 aliphatic carbocycles. The van der Waals surface area contributed by atoms with Crippen molar-refractivity contribution in [1.29, 1.82) is 0 Å². The minimum atomic E-state index is -0.609. The van der Waals surface area contributed by atoms with Crippen LogP contribution in [0.2, 0.25) is 0 Å². The molecule has 0 fully saturated rings. The first-order valence-electron chi connectivity index (χ1n) is 3.58. The Bertz CT molecular complexity index is 142. The second-order valence-corrected chi connectivity index (χ2v) is 2.06. The van der Waals surface area contributed by atoms with Gasteiger partial charge in [0.05, 0.1) is 7.11 Å². The van der Waals surface area contributed by atoms with E-state index in [0.29, 0.717) is 6.42 Å². The Morgan fingerprint density at radius 2 is 2.00 bits per heavy atom. The number of hydrogen-bond donors (Lipinski definition) is 3. The first-order valence-corrected chi connectivity index (χ1v) is 3.58. The zero-order valence-corrected chi connectivity index (χ0v) is 7.14. The van der Waals surface area contributed by atoms with Gasteiger partial charge in [0.25, 0.3) is 0 Å². The van der Waals surface area contributed by atoms with Gasteiger partial charge in [0.15, 0.2) is 0 Å². The van der Waals surface area contributed by atoms with E-state index in [0.717, 1.165) is 6.42 Å². The van der Waals surface area contributed by atoms with Crippen molar-refractivity contribution in [3.05, 3.63) is 0 Å². The maximum atomic E-state index is 10.8. The van der Waals surface area contributed by atoms with Gasteiger partial charge in [0, 0.05) is 6.42 Å². The average molecular weight is 175 g/mol. The molecule has 0 unspecified atom stereocenters. The topological polar surface area (TPSA) is 79.5 Å². The van der Waals surface area contributed by atoms with Crippen molar-refractivity contribution in [2.75, 3.05) is 7.11 Å². The smallest absolute Gasteiger partial charge is 0.275 e. The third kappa shape index (κ3) is 5.48. The zero-order chi connectivity index (χ0) is 9.40. The third-order valence-corrected chi connectivity index (χ3v) is 0.987. The lowest BCUT2D eigenvalue weighted by Crippen LogP contribution is -2.46. The summed E-state index contributed by atoms with van der Waals surface area (Å²) in [7, 11) is 1.30. The standard InChI is InChI=1S/C6H13N3O3/c1-3-4-5(10)7-8-6(11)9-12-2/h3-4H2,1-2H3,(H,7,10)(H2,8,9,11). The number of hydroxylamine groups is 1. The molecule has 6 heteroatoms. The Hall–Kier alpha value is -1.30. The van der Waals surface area contributed by atoms with Gasteiger partial charge >= 0.3 is 6.03 Å². The maximum absolute atomic E-state index is 10.8. The van der Waals surface area contributed by atoms with Crippen LogP contribution in [0.1, 0.15) is 19.8 Å².